The van der Waals surface area contributed by atoms with Crippen molar-refractivity contribution in [1.82, 2.24) is 0 Å². The Labute approximate surface area is 98.9 Å². The Kier molecular flexibility index (Phi) is 4.72. The van der Waals surface area contributed by atoms with Gasteiger partial charge in [-0.15, -0.1) is 0 Å². The van der Waals surface area contributed by atoms with Crippen LogP contribution in [-0.2, 0) is 11.2 Å². The fraction of sp³-hybridized carbons (Fsp3) is 0.533. The second-order valence-corrected chi connectivity index (χ2v) is 4.58. The Bertz CT molecular complexity index is 362. The van der Waals surface area contributed by atoms with Crippen LogP contribution in [0, 0.1) is 19.8 Å². The van der Waals surface area contributed by atoms with E-state index in [2.05, 4.69) is 45.9 Å². The minimum Gasteiger partial charge on any atom is -0.299 e. The first-order valence-electron chi connectivity index (χ1n) is 6.17. The number of carbonyl (C=O) groups excluding carboxylic acids is 1. The molecule has 0 radical (unpaired) electrons. The van der Waals surface area contributed by atoms with Gasteiger partial charge in [-0.1, -0.05) is 32.0 Å². The summed E-state index contributed by atoms with van der Waals surface area (Å²) in [5.74, 6) is 0.620. The summed E-state index contributed by atoms with van der Waals surface area (Å²) in [5.41, 5.74) is 3.72. The highest BCUT2D eigenvalue weighted by atomic mass is 16.1. The van der Waals surface area contributed by atoms with E-state index in [0.29, 0.717) is 12.2 Å². The van der Waals surface area contributed by atoms with E-state index in [1.165, 1.54) is 11.1 Å². The molecule has 0 saturated carbocycles. The van der Waals surface area contributed by atoms with Gasteiger partial charge in [0.05, 0.1) is 0 Å². The van der Waals surface area contributed by atoms with E-state index < -0.39 is 0 Å². The van der Waals surface area contributed by atoms with Gasteiger partial charge in [-0.2, -0.15) is 0 Å². The third-order valence-corrected chi connectivity index (χ3v) is 3.39. The van der Waals surface area contributed by atoms with Crippen LogP contribution in [0.3, 0.4) is 0 Å². The van der Waals surface area contributed by atoms with Gasteiger partial charge in [0.15, 0.2) is 0 Å². The first-order valence-corrected chi connectivity index (χ1v) is 6.17. The number of ketones is 1. The maximum absolute atomic E-state index is 12.0. The lowest BCUT2D eigenvalue weighted by Crippen LogP contribution is -2.15. The highest BCUT2D eigenvalue weighted by molar-refractivity contribution is 5.83. The zero-order valence-corrected chi connectivity index (χ0v) is 10.8. The second-order valence-electron chi connectivity index (χ2n) is 4.58. The zero-order chi connectivity index (χ0) is 12.1. The molecule has 0 spiro atoms. The molecule has 88 valence electrons. The van der Waals surface area contributed by atoms with Crippen molar-refractivity contribution in [3.05, 3.63) is 34.9 Å². The smallest absolute Gasteiger partial charge is 0.140 e. The number of aryl methyl sites for hydroxylation is 2. The predicted octanol–water partition coefficient (Wildman–Crippen LogP) is 3.85. The quantitative estimate of drug-likeness (QED) is 0.733. The molecule has 1 nitrogen and oxygen atoms in total. The minimum absolute atomic E-state index is 0.238. The Morgan fingerprint density at radius 3 is 2.25 bits per heavy atom. The molecule has 0 atom stereocenters. The third kappa shape index (κ3) is 3.19. The molecular weight excluding hydrogens is 196 g/mol. The number of rotatable bonds is 5. The van der Waals surface area contributed by atoms with Crippen molar-refractivity contribution in [2.75, 3.05) is 0 Å². The van der Waals surface area contributed by atoms with Crippen molar-refractivity contribution in [2.24, 2.45) is 5.92 Å². The van der Waals surface area contributed by atoms with Gasteiger partial charge in [-0.3, -0.25) is 4.79 Å². The summed E-state index contributed by atoms with van der Waals surface area (Å²) >= 11 is 0. The van der Waals surface area contributed by atoms with Gasteiger partial charge in [-0.25, -0.2) is 0 Å². The monoisotopic (exact) mass is 218 g/mol. The van der Waals surface area contributed by atoms with Crippen LogP contribution < -0.4 is 0 Å². The van der Waals surface area contributed by atoms with E-state index in [4.69, 9.17) is 0 Å². The SMILES string of the molecule is CCC(CC)C(=O)Cc1ccc(C)c(C)c1. The maximum atomic E-state index is 12.0. The number of carbonyl (C=O) groups is 1. The summed E-state index contributed by atoms with van der Waals surface area (Å²) in [6.45, 7) is 8.38. The van der Waals surface area contributed by atoms with Crippen LogP contribution in [0.1, 0.15) is 43.4 Å². The molecule has 1 rings (SSSR count). The predicted molar refractivity (Wildman–Crippen MR) is 68.7 cm³/mol. The summed E-state index contributed by atoms with van der Waals surface area (Å²) < 4.78 is 0. The first kappa shape index (κ1) is 13.0. The molecule has 0 N–H and O–H groups in total. The fourth-order valence-corrected chi connectivity index (χ4v) is 2.00. The third-order valence-electron chi connectivity index (χ3n) is 3.39. The molecule has 1 heteroatoms. The Hall–Kier alpha value is -1.11. The van der Waals surface area contributed by atoms with Gasteiger partial charge in [0.2, 0.25) is 0 Å². The summed E-state index contributed by atoms with van der Waals surface area (Å²) in [7, 11) is 0. The van der Waals surface area contributed by atoms with Crippen LogP contribution in [0.2, 0.25) is 0 Å². The van der Waals surface area contributed by atoms with Crippen LogP contribution in [-0.4, -0.2) is 5.78 Å². The van der Waals surface area contributed by atoms with Crippen LogP contribution in [0.4, 0.5) is 0 Å². The van der Waals surface area contributed by atoms with E-state index in [9.17, 15) is 4.79 Å². The molecule has 0 saturated heterocycles. The van der Waals surface area contributed by atoms with E-state index in [1.54, 1.807) is 0 Å². The molecule has 0 amide bonds. The summed E-state index contributed by atoms with van der Waals surface area (Å²) in [6, 6.07) is 6.31. The topological polar surface area (TPSA) is 17.1 Å². The molecule has 0 unspecified atom stereocenters. The van der Waals surface area contributed by atoms with Gasteiger partial charge in [0.1, 0.15) is 5.78 Å². The van der Waals surface area contributed by atoms with Gasteiger partial charge < -0.3 is 0 Å². The fourth-order valence-electron chi connectivity index (χ4n) is 2.00. The molecule has 0 bridgehead atoms. The molecule has 0 aromatic heterocycles. The van der Waals surface area contributed by atoms with Gasteiger partial charge in [0, 0.05) is 12.3 Å². The largest absolute Gasteiger partial charge is 0.299 e. The second kappa shape index (κ2) is 5.83. The number of benzene rings is 1. The number of Topliss-reactive ketones (excluding diaryl/α,β-unsaturated/α-hetero) is 1. The van der Waals surface area contributed by atoms with Crippen molar-refractivity contribution < 1.29 is 4.79 Å². The summed E-state index contributed by atoms with van der Waals surface area (Å²) in [5, 5.41) is 0. The van der Waals surface area contributed by atoms with Crippen molar-refractivity contribution in [1.29, 1.82) is 0 Å². The molecular formula is C15H22O. The average molecular weight is 218 g/mol. The molecule has 1 aromatic carbocycles. The molecule has 0 fully saturated rings. The van der Waals surface area contributed by atoms with Crippen molar-refractivity contribution >= 4 is 5.78 Å². The van der Waals surface area contributed by atoms with Crippen LogP contribution in [0.25, 0.3) is 0 Å². The standard InChI is InChI=1S/C15H22O/c1-5-14(6-2)15(16)10-13-8-7-11(3)12(4)9-13/h7-9,14H,5-6,10H2,1-4H3. The van der Waals surface area contributed by atoms with E-state index >= 15 is 0 Å². The molecule has 0 aliphatic carbocycles. The maximum Gasteiger partial charge on any atom is 0.140 e. The van der Waals surface area contributed by atoms with E-state index in [0.717, 1.165) is 18.4 Å². The molecule has 0 aliphatic heterocycles. The first-order chi connectivity index (χ1) is 7.58. The highest BCUT2D eigenvalue weighted by Gasteiger charge is 2.14. The minimum atomic E-state index is 0.238. The van der Waals surface area contributed by atoms with Crippen LogP contribution in [0.5, 0.6) is 0 Å². The van der Waals surface area contributed by atoms with Crippen molar-refractivity contribution in [2.45, 2.75) is 47.0 Å². The van der Waals surface area contributed by atoms with Crippen LogP contribution in [0.15, 0.2) is 18.2 Å². The number of hydrogen-bond donors (Lipinski definition) is 0. The lowest BCUT2D eigenvalue weighted by Gasteiger charge is -2.11. The van der Waals surface area contributed by atoms with E-state index in [-0.39, 0.29) is 5.92 Å². The lowest BCUT2D eigenvalue weighted by atomic mass is 9.92. The summed E-state index contributed by atoms with van der Waals surface area (Å²) in [4.78, 5) is 12.0. The van der Waals surface area contributed by atoms with Crippen molar-refractivity contribution in [3.63, 3.8) is 0 Å². The number of hydrogen-bond acceptors (Lipinski definition) is 1. The van der Waals surface area contributed by atoms with Gasteiger partial charge >= 0.3 is 0 Å². The molecule has 16 heavy (non-hydrogen) atoms. The highest BCUT2D eigenvalue weighted by Crippen LogP contribution is 2.15. The summed E-state index contributed by atoms with van der Waals surface area (Å²) in [6.07, 6.45) is 2.51. The van der Waals surface area contributed by atoms with Gasteiger partial charge in [-0.05, 0) is 43.4 Å². The molecule has 1 aromatic rings. The van der Waals surface area contributed by atoms with Crippen LogP contribution >= 0.6 is 0 Å². The Balaban J connectivity index is 2.73. The Morgan fingerprint density at radius 1 is 1.12 bits per heavy atom. The van der Waals surface area contributed by atoms with Crippen molar-refractivity contribution in [3.8, 4) is 0 Å². The average Bonchev–Trinajstić information content (AvgIpc) is 2.25. The molecule has 0 aliphatic rings. The zero-order valence-electron chi connectivity index (χ0n) is 10.8. The normalized spacial score (nSPS) is 10.8. The van der Waals surface area contributed by atoms with Gasteiger partial charge in [0.25, 0.3) is 0 Å². The van der Waals surface area contributed by atoms with E-state index in [1.807, 2.05) is 0 Å². The Morgan fingerprint density at radius 2 is 1.75 bits per heavy atom. The molecule has 0 heterocycles. The lowest BCUT2D eigenvalue weighted by molar-refractivity contribution is -0.122.